The van der Waals surface area contributed by atoms with E-state index in [-0.39, 0.29) is 17.1 Å². The van der Waals surface area contributed by atoms with Gasteiger partial charge in [-0.25, -0.2) is 9.78 Å². The molecule has 1 aromatic heterocycles. The molecule has 3 N–H and O–H groups in total. The number of H-pyrrole nitrogens is 1. The first-order chi connectivity index (χ1) is 8.02. The third-order valence-corrected chi connectivity index (χ3v) is 2.34. The van der Waals surface area contributed by atoms with E-state index >= 15 is 0 Å². The Kier molecular flexibility index (Phi) is 4.38. The van der Waals surface area contributed by atoms with E-state index in [0.29, 0.717) is 18.8 Å². The van der Waals surface area contributed by atoms with Crippen LogP contribution in [0.5, 0.6) is 0 Å². The van der Waals surface area contributed by atoms with Crippen molar-refractivity contribution in [3.05, 3.63) is 23.3 Å². The van der Waals surface area contributed by atoms with Gasteiger partial charge in [0.15, 0.2) is 0 Å². The van der Waals surface area contributed by atoms with Crippen molar-refractivity contribution in [3.8, 4) is 0 Å². The fraction of sp³-hybridized carbons (Fsp3) is 0.400. The molecule has 92 valence electrons. The van der Waals surface area contributed by atoms with E-state index in [2.05, 4.69) is 20.5 Å². The summed E-state index contributed by atoms with van der Waals surface area (Å²) in [7, 11) is 0. The maximum absolute atomic E-state index is 11.5. The minimum atomic E-state index is -1.09. The lowest BCUT2D eigenvalue weighted by molar-refractivity contribution is -0.133. The van der Waals surface area contributed by atoms with Crippen LogP contribution in [0.3, 0.4) is 0 Å². The molecule has 0 aromatic carbocycles. The molecule has 1 amide bonds. The van der Waals surface area contributed by atoms with E-state index in [1.165, 1.54) is 20.2 Å². The van der Waals surface area contributed by atoms with Crippen molar-refractivity contribution in [2.75, 3.05) is 6.54 Å². The van der Waals surface area contributed by atoms with Gasteiger partial charge in [0.05, 0.1) is 0 Å². The Morgan fingerprint density at radius 1 is 1.41 bits per heavy atom. The number of nitrogens with zero attached hydrogens (tertiary/aromatic N) is 2. The first-order valence-corrected chi connectivity index (χ1v) is 5.05. The topological polar surface area (TPSA) is 108 Å². The zero-order valence-electron chi connectivity index (χ0n) is 9.65. The monoisotopic (exact) mass is 238 g/mol. The summed E-state index contributed by atoms with van der Waals surface area (Å²) in [5.41, 5.74) is 0.247. The molecule has 1 rings (SSSR count). The van der Waals surface area contributed by atoms with E-state index < -0.39 is 5.97 Å². The Morgan fingerprint density at radius 2 is 2.12 bits per heavy atom. The number of aromatic nitrogens is 3. The highest BCUT2D eigenvalue weighted by Gasteiger charge is 2.11. The predicted octanol–water partition coefficient (Wildman–Crippen LogP) is -0.116. The molecule has 0 unspecified atom stereocenters. The van der Waals surface area contributed by atoms with E-state index in [1.54, 1.807) is 0 Å². The molecule has 0 saturated heterocycles. The maximum Gasteiger partial charge on any atom is 0.331 e. The second kappa shape index (κ2) is 5.78. The standard InChI is InChI=1S/C10H14N4O3/c1-6(7(2)10(16)17)9(15)11-4-3-8-12-5-13-14-8/h5H,3-4H2,1-2H3,(H,11,15)(H,16,17)(H,12,13,14). The molecular weight excluding hydrogens is 224 g/mol. The third-order valence-electron chi connectivity index (χ3n) is 2.34. The predicted molar refractivity (Wildman–Crippen MR) is 59.1 cm³/mol. The number of carboxylic acid groups (broad SMARTS) is 1. The van der Waals surface area contributed by atoms with Crippen molar-refractivity contribution in [2.24, 2.45) is 0 Å². The van der Waals surface area contributed by atoms with E-state index in [1.807, 2.05) is 0 Å². The zero-order valence-corrected chi connectivity index (χ0v) is 9.65. The quantitative estimate of drug-likeness (QED) is 0.620. The van der Waals surface area contributed by atoms with Gasteiger partial charge in [-0.3, -0.25) is 9.89 Å². The maximum atomic E-state index is 11.5. The molecule has 0 aliphatic heterocycles. The molecule has 1 aromatic rings. The van der Waals surface area contributed by atoms with Gasteiger partial charge in [-0.05, 0) is 13.8 Å². The second-order valence-electron chi connectivity index (χ2n) is 3.49. The van der Waals surface area contributed by atoms with Crippen molar-refractivity contribution < 1.29 is 14.7 Å². The van der Waals surface area contributed by atoms with Crippen LogP contribution in [0, 0.1) is 0 Å². The molecule has 0 aliphatic rings. The van der Waals surface area contributed by atoms with Crippen LogP contribution in [-0.4, -0.2) is 38.7 Å². The van der Waals surface area contributed by atoms with Crippen molar-refractivity contribution in [1.29, 1.82) is 0 Å². The number of aliphatic carboxylic acids is 1. The number of carboxylic acids is 1. The Hall–Kier alpha value is -2.18. The molecule has 0 atom stereocenters. The van der Waals surface area contributed by atoms with Crippen LogP contribution in [0.25, 0.3) is 0 Å². The molecule has 7 nitrogen and oxygen atoms in total. The summed E-state index contributed by atoms with van der Waals surface area (Å²) in [6, 6.07) is 0. The summed E-state index contributed by atoms with van der Waals surface area (Å²) < 4.78 is 0. The van der Waals surface area contributed by atoms with Crippen LogP contribution in [0.1, 0.15) is 19.7 Å². The van der Waals surface area contributed by atoms with Gasteiger partial charge in [0.25, 0.3) is 0 Å². The van der Waals surface area contributed by atoms with Gasteiger partial charge in [-0.1, -0.05) is 0 Å². The van der Waals surface area contributed by atoms with Gasteiger partial charge in [-0.15, -0.1) is 0 Å². The smallest absolute Gasteiger partial charge is 0.331 e. The van der Waals surface area contributed by atoms with Crippen molar-refractivity contribution >= 4 is 11.9 Å². The van der Waals surface area contributed by atoms with Gasteiger partial charge < -0.3 is 10.4 Å². The number of hydrogen-bond donors (Lipinski definition) is 3. The number of nitrogens with one attached hydrogen (secondary N) is 2. The molecule has 1 heterocycles. The number of carbonyl (C=O) groups is 2. The van der Waals surface area contributed by atoms with Crippen LogP contribution in [0.4, 0.5) is 0 Å². The van der Waals surface area contributed by atoms with E-state index in [0.717, 1.165) is 0 Å². The highest BCUT2D eigenvalue weighted by atomic mass is 16.4. The van der Waals surface area contributed by atoms with Crippen LogP contribution < -0.4 is 5.32 Å². The molecular formula is C10H14N4O3. The minimum absolute atomic E-state index is 0.0437. The van der Waals surface area contributed by atoms with Gasteiger partial charge >= 0.3 is 5.97 Å². The summed E-state index contributed by atoms with van der Waals surface area (Å²) in [5.74, 6) is -0.806. The molecule has 17 heavy (non-hydrogen) atoms. The van der Waals surface area contributed by atoms with Crippen LogP contribution in [0.2, 0.25) is 0 Å². The normalized spacial score (nSPS) is 11.9. The highest BCUT2D eigenvalue weighted by molar-refractivity contribution is 6.01. The zero-order chi connectivity index (χ0) is 12.8. The fourth-order valence-corrected chi connectivity index (χ4v) is 1.11. The summed E-state index contributed by atoms with van der Waals surface area (Å²) >= 11 is 0. The van der Waals surface area contributed by atoms with Crippen LogP contribution in [-0.2, 0) is 16.0 Å². The molecule has 0 radical (unpaired) electrons. The van der Waals surface area contributed by atoms with E-state index in [4.69, 9.17) is 5.11 Å². The molecule has 0 saturated carbocycles. The average molecular weight is 238 g/mol. The van der Waals surface area contributed by atoms with Gasteiger partial charge in [0.2, 0.25) is 5.91 Å². The lowest BCUT2D eigenvalue weighted by Gasteiger charge is -2.05. The SMILES string of the molecule is CC(C(=O)O)=C(C)C(=O)NCCc1ncn[nH]1. The Bertz CT molecular complexity index is 436. The third kappa shape index (κ3) is 3.71. The minimum Gasteiger partial charge on any atom is -0.478 e. The van der Waals surface area contributed by atoms with E-state index in [9.17, 15) is 9.59 Å². The number of carbonyl (C=O) groups excluding carboxylic acids is 1. The average Bonchev–Trinajstić information content (AvgIpc) is 2.79. The van der Waals surface area contributed by atoms with Gasteiger partial charge in [0.1, 0.15) is 12.2 Å². The van der Waals surface area contributed by atoms with Crippen LogP contribution in [0.15, 0.2) is 17.5 Å². The Balaban J connectivity index is 2.45. The van der Waals surface area contributed by atoms with Crippen molar-refractivity contribution in [1.82, 2.24) is 20.5 Å². The molecule has 0 fully saturated rings. The second-order valence-corrected chi connectivity index (χ2v) is 3.49. The van der Waals surface area contributed by atoms with Crippen molar-refractivity contribution in [2.45, 2.75) is 20.3 Å². The lowest BCUT2D eigenvalue weighted by atomic mass is 10.1. The molecule has 0 bridgehead atoms. The van der Waals surface area contributed by atoms with Crippen LogP contribution >= 0.6 is 0 Å². The summed E-state index contributed by atoms with van der Waals surface area (Å²) in [5, 5.41) is 17.7. The largest absolute Gasteiger partial charge is 0.478 e. The molecule has 7 heteroatoms. The summed E-state index contributed by atoms with van der Waals surface area (Å²) in [6.07, 6.45) is 1.90. The Morgan fingerprint density at radius 3 is 2.65 bits per heavy atom. The Labute approximate surface area is 97.9 Å². The first-order valence-electron chi connectivity index (χ1n) is 5.05. The summed E-state index contributed by atoms with van der Waals surface area (Å²) in [6.45, 7) is 3.25. The first kappa shape index (κ1) is 12.9. The number of aromatic amines is 1. The lowest BCUT2D eigenvalue weighted by Crippen LogP contribution is -2.27. The summed E-state index contributed by atoms with van der Waals surface area (Å²) in [4.78, 5) is 26.1. The van der Waals surface area contributed by atoms with Gasteiger partial charge in [-0.2, -0.15) is 5.10 Å². The van der Waals surface area contributed by atoms with Crippen molar-refractivity contribution in [3.63, 3.8) is 0 Å². The van der Waals surface area contributed by atoms with Gasteiger partial charge in [0, 0.05) is 24.1 Å². The molecule has 0 aliphatic carbocycles. The number of hydrogen-bond acceptors (Lipinski definition) is 4. The highest BCUT2D eigenvalue weighted by Crippen LogP contribution is 2.03. The number of rotatable bonds is 5. The molecule has 0 spiro atoms. The number of amides is 1. The fourth-order valence-electron chi connectivity index (χ4n) is 1.11.